The second-order valence-electron chi connectivity index (χ2n) is 4.51. The lowest BCUT2D eigenvalue weighted by atomic mass is 10.2. The molecule has 0 saturated heterocycles. The van der Waals surface area contributed by atoms with Gasteiger partial charge in [-0.3, -0.25) is 4.68 Å². The smallest absolute Gasteiger partial charge is 0.213 e. The number of hydrogen-bond donors (Lipinski definition) is 1. The number of aryl methyl sites for hydroxylation is 1. The third-order valence-corrected chi connectivity index (χ3v) is 3.19. The fourth-order valence-corrected chi connectivity index (χ4v) is 2.13. The molecule has 102 valence electrons. The first-order chi connectivity index (χ1) is 9.15. The average molecular weight is 260 g/mol. The number of aromatic nitrogens is 3. The summed E-state index contributed by atoms with van der Waals surface area (Å²) in [5.41, 5.74) is 4.44. The Morgan fingerprint density at radius 2 is 2.11 bits per heavy atom. The van der Waals surface area contributed by atoms with Gasteiger partial charge in [0, 0.05) is 23.9 Å². The summed E-state index contributed by atoms with van der Waals surface area (Å²) in [6.45, 7) is 5.62. The molecule has 5 nitrogen and oxygen atoms in total. The van der Waals surface area contributed by atoms with Crippen molar-refractivity contribution in [1.29, 1.82) is 0 Å². The Hall–Kier alpha value is -1.88. The number of hydrogen-bond acceptors (Lipinski definition) is 4. The number of rotatable bonds is 5. The molecule has 2 aromatic rings. The SMILES string of the molecule is CNCc1c(C)nn(Cc2cccc(OC)n2)c1C. The minimum Gasteiger partial charge on any atom is -0.481 e. The predicted molar refractivity (Wildman–Crippen MR) is 74.4 cm³/mol. The van der Waals surface area contributed by atoms with E-state index in [1.165, 1.54) is 11.3 Å². The zero-order chi connectivity index (χ0) is 13.8. The van der Waals surface area contributed by atoms with Gasteiger partial charge in [0.2, 0.25) is 5.88 Å². The zero-order valence-corrected chi connectivity index (χ0v) is 11.9. The lowest BCUT2D eigenvalue weighted by Gasteiger charge is -2.06. The number of methoxy groups -OCH3 is 1. The number of ether oxygens (including phenoxy) is 1. The molecule has 0 aliphatic carbocycles. The fourth-order valence-electron chi connectivity index (χ4n) is 2.13. The van der Waals surface area contributed by atoms with E-state index in [0.717, 1.165) is 17.9 Å². The van der Waals surface area contributed by atoms with Crippen LogP contribution in [0.5, 0.6) is 5.88 Å². The van der Waals surface area contributed by atoms with Crippen LogP contribution in [-0.2, 0) is 13.1 Å². The van der Waals surface area contributed by atoms with E-state index in [2.05, 4.69) is 22.3 Å². The molecule has 0 aliphatic rings. The quantitative estimate of drug-likeness (QED) is 0.888. The summed E-state index contributed by atoms with van der Waals surface area (Å²) in [6, 6.07) is 5.77. The topological polar surface area (TPSA) is 52.0 Å². The molecule has 1 N–H and O–H groups in total. The van der Waals surface area contributed by atoms with Crippen molar-refractivity contribution in [1.82, 2.24) is 20.1 Å². The van der Waals surface area contributed by atoms with Gasteiger partial charge in [-0.25, -0.2) is 4.98 Å². The van der Waals surface area contributed by atoms with Gasteiger partial charge in [0.05, 0.1) is 25.0 Å². The van der Waals surface area contributed by atoms with Crippen molar-refractivity contribution in [3.8, 4) is 5.88 Å². The Morgan fingerprint density at radius 3 is 2.79 bits per heavy atom. The van der Waals surface area contributed by atoms with Crippen LogP contribution in [0.15, 0.2) is 18.2 Å². The molecular formula is C14H20N4O. The van der Waals surface area contributed by atoms with Gasteiger partial charge in [0.1, 0.15) is 0 Å². The van der Waals surface area contributed by atoms with Crippen LogP contribution < -0.4 is 10.1 Å². The largest absolute Gasteiger partial charge is 0.481 e. The first-order valence-electron chi connectivity index (χ1n) is 6.33. The second kappa shape index (κ2) is 5.84. The van der Waals surface area contributed by atoms with Crippen LogP contribution in [0.2, 0.25) is 0 Å². The van der Waals surface area contributed by atoms with E-state index < -0.39 is 0 Å². The molecule has 0 aromatic carbocycles. The third kappa shape index (κ3) is 2.93. The van der Waals surface area contributed by atoms with Crippen molar-refractivity contribution in [3.63, 3.8) is 0 Å². The maximum absolute atomic E-state index is 5.14. The van der Waals surface area contributed by atoms with Gasteiger partial charge < -0.3 is 10.1 Å². The highest BCUT2D eigenvalue weighted by Gasteiger charge is 2.11. The van der Waals surface area contributed by atoms with Crippen molar-refractivity contribution >= 4 is 0 Å². The Morgan fingerprint density at radius 1 is 1.32 bits per heavy atom. The highest BCUT2D eigenvalue weighted by atomic mass is 16.5. The predicted octanol–water partition coefficient (Wildman–Crippen LogP) is 1.67. The normalized spacial score (nSPS) is 10.7. The Bertz CT molecular complexity index is 563. The third-order valence-electron chi connectivity index (χ3n) is 3.19. The van der Waals surface area contributed by atoms with E-state index in [4.69, 9.17) is 4.74 Å². The molecule has 0 aliphatic heterocycles. The minimum atomic E-state index is 0.634. The zero-order valence-electron chi connectivity index (χ0n) is 11.9. The van der Waals surface area contributed by atoms with Crippen LogP contribution in [0.1, 0.15) is 22.6 Å². The van der Waals surface area contributed by atoms with Gasteiger partial charge in [-0.15, -0.1) is 0 Å². The average Bonchev–Trinajstić information content (AvgIpc) is 2.67. The van der Waals surface area contributed by atoms with Gasteiger partial charge in [-0.1, -0.05) is 6.07 Å². The van der Waals surface area contributed by atoms with Crippen molar-refractivity contribution < 1.29 is 4.74 Å². The summed E-state index contributed by atoms with van der Waals surface area (Å²) < 4.78 is 7.13. The molecule has 0 unspecified atom stereocenters. The molecule has 2 rings (SSSR count). The Kier molecular flexibility index (Phi) is 4.16. The monoisotopic (exact) mass is 260 g/mol. The van der Waals surface area contributed by atoms with E-state index in [1.807, 2.05) is 36.9 Å². The fraction of sp³-hybridized carbons (Fsp3) is 0.429. The Balaban J connectivity index is 2.25. The van der Waals surface area contributed by atoms with E-state index in [-0.39, 0.29) is 0 Å². The molecular weight excluding hydrogens is 240 g/mol. The maximum Gasteiger partial charge on any atom is 0.213 e. The summed E-state index contributed by atoms with van der Waals surface area (Å²) in [5.74, 6) is 0.634. The molecule has 0 amide bonds. The van der Waals surface area contributed by atoms with Gasteiger partial charge in [0.15, 0.2) is 0 Å². The van der Waals surface area contributed by atoms with Crippen LogP contribution in [-0.4, -0.2) is 28.9 Å². The molecule has 0 atom stereocenters. The second-order valence-corrected chi connectivity index (χ2v) is 4.51. The minimum absolute atomic E-state index is 0.634. The lowest BCUT2D eigenvalue weighted by Crippen LogP contribution is -2.09. The van der Waals surface area contributed by atoms with E-state index in [9.17, 15) is 0 Å². The molecule has 2 heterocycles. The summed E-state index contributed by atoms with van der Waals surface area (Å²) in [7, 11) is 3.57. The number of nitrogens with one attached hydrogen (secondary N) is 1. The maximum atomic E-state index is 5.14. The molecule has 0 spiro atoms. The number of pyridine rings is 1. The van der Waals surface area contributed by atoms with Gasteiger partial charge in [0.25, 0.3) is 0 Å². The van der Waals surface area contributed by atoms with Gasteiger partial charge in [-0.2, -0.15) is 5.10 Å². The molecule has 0 radical (unpaired) electrons. The Labute approximate surface area is 113 Å². The summed E-state index contributed by atoms with van der Waals surface area (Å²) >= 11 is 0. The summed E-state index contributed by atoms with van der Waals surface area (Å²) in [5, 5.41) is 7.75. The van der Waals surface area contributed by atoms with Crippen molar-refractivity contribution in [3.05, 3.63) is 40.8 Å². The van der Waals surface area contributed by atoms with Crippen molar-refractivity contribution in [2.75, 3.05) is 14.2 Å². The number of nitrogens with zero attached hydrogens (tertiary/aromatic N) is 3. The first kappa shape index (κ1) is 13.5. The summed E-state index contributed by atoms with van der Waals surface area (Å²) in [4.78, 5) is 4.41. The van der Waals surface area contributed by atoms with Crippen molar-refractivity contribution in [2.45, 2.75) is 26.9 Å². The molecule has 2 aromatic heterocycles. The van der Waals surface area contributed by atoms with Crippen LogP contribution in [0.25, 0.3) is 0 Å². The first-order valence-corrected chi connectivity index (χ1v) is 6.33. The molecule has 5 heteroatoms. The van der Waals surface area contributed by atoms with Crippen LogP contribution in [0.4, 0.5) is 0 Å². The molecule has 19 heavy (non-hydrogen) atoms. The van der Waals surface area contributed by atoms with Crippen LogP contribution in [0.3, 0.4) is 0 Å². The molecule has 0 saturated carbocycles. The molecule has 0 bridgehead atoms. The van der Waals surface area contributed by atoms with Crippen molar-refractivity contribution in [2.24, 2.45) is 0 Å². The van der Waals surface area contributed by atoms with Gasteiger partial charge in [-0.05, 0) is 27.0 Å². The standard InChI is InChI=1S/C14H20N4O/c1-10-13(8-15-3)11(2)18(17-10)9-12-6-5-7-14(16-12)19-4/h5-7,15H,8-9H2,1-4H3. The van der Waals surface area contributed by atoms with Crippen LogP contribution in [0, 0.1) is 13.8 Å². The van der Waals surface area contributed by atoms with Gasteiger partial charge >= 0.3 is 0 Å². The van der Waals surface area contributed by atoms with E-state index in [1.54, 1.807) is 7.11 Å². The molecule has 0 fully saturated rings. The highest BCUT2D eigenvalue weighted by molar-refractivity contribution is 5.25. The highest BCUT2D eigenvalue weighted by Crippen LogP contribution is 2.15. The van der Waals surface area contributed by atoms with E-state index in [0.29, 0.717) is 12.4 Å². The van der Waals surface area contributed by atoms with E-state index >= 15 is 0 Å². The van der Waals surface area contributed by atoms with Crippen LogP contribution >= 0.6 is 0 Å². The summed E-state index contributed by atoms with van der Waals surface area (Å²) in [6.07, 6.45) is 0. The lowest BCUT2D eigenvalue weighted by molar-refractivity contribution is 0.395.